The molecule has 0 amide bonds. The van der Waals surface area contributed by atoms with Crippen LogP contribution in [0.3, 0.4) is 0 Å². The number of hydrogen-bond acceptors (Lipinski definition) is 2. The highest BCUT2D eigenvalue weighted by molar-refractivity contribution is 6.33. The molecule has 0 aliphatic carbocycles. The molecule has 3 N–H and O–H groups in total. The molecule has 0 saturated carbocycles. The summed E-state index contributed by atoms with van der Waals surface area (Å²) >= 11 is 0. The summed E-state index contributed by atoms with van der Waals surface area (Å²) in [4.78, 5) is 0. The minimum atomic E-state index is -0.542. The second-order valence-electron chi connectivity index (χ2n) is 6.90. The molecule has 26 heavy (non-hydrogen) atoms. The molecule has 2 heterocycles. The predicted octanol–water partition coefficient (Wildman–Crippen LogP) is 1.83. The lowest BCUT2D eigenvalue weighted by Gasteiger charge is -2.12. The first-order valence-corrected chi connectivity index (χ1v) is 8.72. The highest BCUT2D eigenvalue weighted by Gasteiger charge is 2.17. The van der Waals surface area contributed by atoms with E-state index >= 15 is 0 Å². The highest BCUT2D eigenvalue weighted by atomic mass is 16.3. The molecule has 128 valence electrons. The van der Waals surface area contributed by atoms with Crippen LogP contribution in [0.1, 0.15) is 5.56 Å². The smallest absolute Gasteiger partial charge is 0.191 e. The van der Waals surface area contributed by atoms with Gasteiger partial charge >= 0.3 is 0 Å². The van der Waals surface area contributed by atoms with Crippen LogP contribution in [-0.2, 0) is 13.1 Å². The SMILES string of the molecule is [B]c1ccc2c(c1)c1cc(C)ccc1n2CC(O)C[n+]1cccc(N)c1. The first-order valence-electron chi connectivity index (χ1n) is 8.72. The molecule has 0 spiro atoms. The molecular formula is C21H21BN3O+. The van der Waals surface area contributed by atoms with Crippen molar-refractivity contribution in [2.45, 2.75) is 26.1 Å². The Bertz CT molecular complexity index is 1040. The molecule has 5 heteroatoms. The van der Waals surface area contributed by atoms with Crippen LogP contribution in [0.15, 0.2) is 60.9 Å². The van der Waals surface area contributed by atoms with Gasteiger partial charge in [0.1, 0.15) is 14.0 Å². The quantitative estimate of drug-likeness (QED) is 0.439. The summed E-state index contributed by atoms with van der Waals surface area (Å²) in [6, 6.07) is 16.0. The molecule has 2 radical (unpaired) electrons. The standard InChI is InChI=1S/C21H21BN3O/c1-14-4-6-20-18(9-14)19-10-15(22)5-7-21(19)25(20)13-17(26)12-24-8-2-3-16(23)11-24/h2-11,17,26H,12-13,23H2,1H3/q+1. The van der Waals surface area contributed by atoms with Gasteiger partial charge in [0.15, 0.2) is 18.9 Å². The van der Waals surface area contributed by atoms with Crippen molar-refractivity contribution in [1.82, 2.24) is 4.57 Å². The number of nitrogens with zero attached hydrogens (tertiary/aromatic N) is 2. The summed E-state index contributed by atoms with van der Waals surface area (Å²) in [7, 11) is 6.01. The molecule has 0 aliphatic heterocycles. The fraction of sp³-hybridized carbons (Fsp3) is 0.190. The van der Waals surface area contributed by atoms with Crippen molar-refractivity contribution >= 4 is 40.8 Å². The number of aliphatic hydroxyl groups excluding tert-OH is 1. The number of benzene rings is 2. The van der Waals surface area contributed by atoms with Crippen LogP contribution in [0.25, 0.3) is 21.8 Å². The van der Waals surface area contributed by atoms with E-state index in [1.165, 1.54) is 5.56 Å². The van der Waals surface area contributed by atoms with Gasteiger partial charge < -0.3 is 15.4 Å². The number of aliphatic hydroxyl groups is 1. The van der Waals surface area contributed by atoms with E-state index in [0.717, 1.165) is 27.3 Å². The second kappa shape index (κ2) is 6.50. The lowest BCUT2D eigenvalue weighted by atomic mass is 9.94. The van der Waals surface area contributed by atoms with E-state index in [2.05, 4.69) is 29.7 Å². The van der Waals surface area contributed by atoms with Gasteiger partial charge in [-0.2, -0.15) is 0 Å². The maximum atomic E-state index is 10.7. The Morgan fingerprint density at radius 3 is 2.62 bits per heavy atom. The van der Waals surface area contributed by atoms with Crippen LogP contribution in [0.4, 0.5) is 5.69 Å². The van der Waals surface area contributed by atoms with Crippen LogP contribution < -0.4 is 15.8 Å². The summed E-state index contributed by atoms with van der Waals surface area (Å²) in [5.41, 5.74) is 10.6. The van der Waals surface area contributed by atoms with Gasteiger partial charge in [0.2, 0.25) is 0 Å². The minimum absolute atomic E-state index is 0.479. The third-order valence-electron chi connectivity index (χ3n) is 4.74. The van der Waals surface area contributed by atoms with Gasteiger partial charge in [0.25, 0.3) is 0 Å². The lowest BCUT2D eigenvalue weighted by Crippen LogP contribution is -2.40. The molecule has 4 nitrogen and oxygen atoms in total. The van der Waals surface area contributed by atoms with Crippen molar-refractivity contribution in [3.63, 3.8) is 0 Å². The first-order chi connectivity index (χ1) is 12.5. The summed E-state index contributed by atoms with van der Waals surface area (Å²) in [5.74, 6) is 0. The van der Waals surface area contributed by atoms with Gasteiger partial charge in [0, 0.05) is 27.9 Å². The Balaban J connectivity index is 1.75. The fourth-order valence-corrected chi connectivity index (χ4v) is 3.60. The number of aromatic nitrogens is 2. The normalized spacial score (nSPS) is 12.7. The van der Waals surface area contributed by atoms with Crippen molar-refractivity contribution in [2.75, 3.05) is 5.73 Å². The summed E-state index contributed by atoms with van der Waals surface area (Å²) in [6.07, 6.45) is 3.20. The minimum Gasteiger partial charge on any atom is -0.394 e. The number of rotatable bonds is 4. The number of fused-ring (bicyclic) bond motifs is 3. The molecular weight excluding hydrogens is 321 g/mol. The summed E-state index contributed by atoms with van der Waals surface area (Å²) < 4.78 is 4.08. The molecule has 0 fully saturated rings. The van der Waals surface area contributed by atoms with E-state index < -0.39 is 6.10 Å². The predicted molar refractivity (Wildman–Crippen MR) is 107 cm³/mol. The lowest BCUT2D eigenvalue weighted by molar-refractivity contribution is -0.703. The van der Waals surface area contributed by atoms with Crippen molar-refractivity contribution in [3.05, 3.63) is 66.5 Å². The molecule has 1 unspecified atom stereocenters. The van der Waals surface area contributed by atoms with Crippen LogP contribution in [0.2, 0.25) is 0 Å². The molecule has 2 aromatic carbocycles. The zero-order valence-corrected chi connectivity index (χ0v) is 14.8. The molecule has 2 aromatic heterocycles. The zero-order chi connectivity index (χ0) is 18.3. The Morgan fingerprint density at radius 1 is 1.12 bits per heavy atom. The van der Waals surface area contributed by atoms with E-state index in [1.807, 2.05) is 47.3 Å². The average Bonchev–Trinajstić information content (AvgIpc) is 2.87. The summed E-state index contributed by atoms with van der Waals surface area (Å²) in [6.45, 7) is 3.06. The van der Waals surface area contributed by atoms with E-state index in [4.69, 9.17) is 13.6 Å². The first kappa shape index (κ1) is 16.7. The van der Waals surface area contributed by atoms with Crippen molar-refractivity contribution in [1.29, 1.82) is 0 Å². The van der Waals surface area contributed by atoms with Gasteiger partial charge in [-0.05, 0) is 31.2 Å². The van der Waals surface area contributed by atoms with Gasteiger partial charge in [-0.3, -0.25) is 0 Å². The fourth-order valence-electron chi connectivity index (χ4n) is 3.60. The molecule has 1 atom stereocenters. The number of aryl methyl sites for hydroxylation is 1. The topological polar surface area (TPSA) is 55.1 Å². The molecule has 0 saturated heterocycles. The third kappa shape index (κ3) is 3.06. The molecule has 4 aromatic rings. The Kier molecular flexibility index (Phi) is 4.17. The van der Waals surface area contributed by atoms with Gasteiger partial charge in [-0.25, -0.2) is 4.57 Å². The number of hydrogen-bond donors (Lipinski definition) is 2. The van der Waals surface area contributed by atoms with Gasteiger partial charge in [0.05, 0.1) is 12.2 Å². The van der Waals surface area contributed by atoms with Crippen LogP contribution in [0, 0.1) is 6.92 Å². The van der Waals surface area contributed by atoms with Crippen LogP contribution in [-0.4, -0.2) is 23.6 Å². The van der Waals surface area contributed by atoms with E-state index in [9.17, 15) is 5.11 Å². The van der Waals surface area contributed by atoms with E-state index in [1.54, 1.807) is 0 Å². The molecule has 0 aliphatic rings. The maximum Gasteiger partial charge on any atom is 0.191 e. The molecule has 0 bridgehead atoms. The van der Waals surface area contributed by atoms with Crippen LogP contribution >= 0.6 is 0 Å². The van der Waals surface area contributed by atoms with Crippen molar-refractivity contribution < 1.29 is 9.67 Å². The van der Waals surface area contributed by atoms with Crippen LogP contribution in [0.5, 0.6) is 0 Å². The number of pyridine rings is 1. The van der Waals surface area contributed by atoms with Crippen molar-refractivity contribution in [3.8, 4) is 0 Å². The van der Waals surface area contributed by atoms with E-state index in [-0.39, 0.29) is 0 Å². The highest BCUT2D eigenvalue weighted by Crippen LogP contribution is 2.29. The van der Waals surface area contributed by atoms with Gasteiger partial charge in [-0.1, -0.05) is 29.2 Å². The maximum absolute atomic E-state index is 10.7. The Hall–Kier alpha value is -2.79. The van der Waals surface area contributed by atoms with Crippen molar-refractivity contribution in [2.24, 2.45) is 0 Å². The number of nitrogen functional groups attached to an aromatic ring is 1. The Labute approximate surface area is 153 Å². The number of anilines is 1. The zero-order valence-electron chi connectivity index (χ0n) is 14.8. The Morgan fingerprint density at radius 2 is 1.85 bits per heavy atom. The molecule has 4 rings (SSSR count). The third-order valence-corrected chi connectivity index (χ3v) is 4.74. The van der Waals surface area contributed by atoms with Gasteiger partial charge in [-0.15, -0.1) is 0 Å². The van der Waals surface area contributed by atoms with E-state index in [0.29, 0.717) is 18.8 Å². The number of nitrogens with two attached hydrogens (primary N) is 1. The monoisotopic (exact) mass is 342 g/mol. The second-order valence-corrected chi connectivity index (χ2v) is 6.90. The summed E-state index contributed by atoms with van der Waals surface area (Å²) in [5, 5.41) is 13.0. The largest absolute Gasteiger partial charge is 0.394 e. The average molecular weight is 342 g/mol.